The molecule has 4 aromatic rings. The monoisotopic (exact) mass is 556 g/mol. The van der Waals surface area contributed by atoms with Crippen LogP contribution in [0.3, 0.4) is 0 Å². The first-order valence-electron chi connectivity index (χ1n) is 14.0. The summed E-state index contributed by atoms with van der Waals surface area (Å²) in [4.78, 5) is 25.2. The number of nitrogens with zero attached hydrogens (tertiary/aromatic N) is 1. The number of aliphatic carboxylic acids is 1. The Morgan fingerprint density at radius 1 is 0.878 bits per heavy atom. The molecule has 0 fully saturated rings. The number of aliphatic hydroxyl groups is 1. The largest absolute Gasteiger partial charge is 0.481 e. The number of para-hydroxylation sites is 1. The zero-order valence-corrected chi connectivity index (χ0v) is 23.7. The van der Waals surface area contributed by atoms with Crippen LogP contribution < -0.4 is 5.32 Å². The standard InChI is InChI=1S/C34H37FN2O4/c1-22(2)32-31(34(41)36-27-12-8-5-9-13-27)30(24-10-6-4-7-11-24)33(25-14-16-26(35)17-15-25)37(32)19-18-23(3)20-28(38)21-29(39)40/h4-17,22-23,28,38H,18-21H2,1-3H3,(H,36,41)(H,39,40). The summed E-state index contributed by atoms with van der Waals surface area (Å²) in [5.41, 5.74) is 5.34. The Morgan fingerprint density at radius 2 is 1.49 bits per heavy atom. The lowest BCUT2D eigenvalue weighted by Crippen LogP contribution is -2.19. The summed E-state index contributed by atoms with van der Waals surface area (Å²) in [6.07, 6.45) is -0.231. The number of benzene rings is 3. The zero-order valence-electron chi connectivity index (χ0n) is 23.7. The number of carboxylic acid groups (broad SMARTS) is 1. The number of rotatable bonds is 12. The molecule has 0 aliphatic carbocycles. The maximum Gasteiger partial charge on any atom is 0.305 e. The summed E-state index contributed by atoms with van der Waals surface area (Å²) in [6, 6.07) is 25.4. The molecule has 41 heavy (non-hydrogen) atoms. The van der Waals surface area contributed by atoms with Gasteiger partial charge in [-0.1, -0.05) is 69.3 Å². The summed E-state index contributed by atoms with van der Waals surface area (Å²) in [6.45, 7) is 6.62. The van der Waals surface area contributed by atoms with Gasteiger partial charge in [-0.15, -0.1) is 0 Å². The van der Waals surface area contributed by atoms with Gasteiger partial charge in [-0.2, -0.15) is 0 Å². The minimum atomic E-state index is -1.03. The molecule has 1 amide bonds. The molecule has 7 heteroatoms. The highest BCUT2D eigenvalue weighted by Crippen LogP contribution is 2.42. The van der Waals surface area contributed by atoms with Crippen LogP contribution in [0.5, 0.6) is 0 Å². The van der Waals surface area contributed by atoms with E-state index in [9.17, 15) is 19.1 Å². The molecule has 0 aliphatic heterocycles. The molecule has 0 radical (unpaired) electrons. The number of halogens is 1. The smallest absolute Gasteiger partial charge is 0.305 e. The SMILES string of the molecule is CC(CCn1c(-c2ccc(F)cc2)c(-c2ccccc2)c(C(=O)Nc2ccccc2)c1C(C)C)CC(O)CC(=O)O. The second-order valence-corrected chi connectivity index (χ2v) is 10.9. The number of hydrogen-bond donors (Lipinski definition) is 3. The van der Waals surface area contributed by atoms with Gasteiger partial charge in [0.25, 0.3) is 5.91 Å². The van der Waals surface area contributed by atoms with Gasteiger partial charge in [0.15, 0.2) is 0 Å². The van der Waals surface area contributed by atoms with Crippen LogP contribution in [0.4, 0.5) is 10.1 Å². The minimum absolute atomic E-state index is 0.0228. The molecule has 3 aromatic carbocycles. The second kappa shape index (κ2) is 13.4. The fraction of sp³-hybridized carbons (Fsp3) is 0.294. The molecule has 0 saturated heterocycles. The Balaban J connectivity index is 1.89. The average molecular weight is 557 g/mol. The van der Waals surface area contributed by atoms with Crippen molar-refractivity contribution in [1.82, 2.24) is 4.57 Å². The van der Waals surface area contributed by atoms with Crippen LogP contribution in [0, 0.1) is 11.7 Å². The first-order chi connectivity index (χ1) is 19.7. The third-order valence-corrected chi connectivity index (χ3v) is 7.22. The van der Waals surface area contributed by atoms with Gasteiger partial charge >= 0.3 is 5.97 Å². The van der Waals surface area contributed by atoms with Crippen molar-refractivity contribution in [3.05, 3.63) is 102 Å². The quantitative estimate of drug-likeness (QED) is 0.168. The Hall–Kier alpha value is -4.23. The van der Waals surface area contributed by atoms with Crippen LogP contribution >= 0.6 is 0 Å². The Morgan fingerprint density at radius 3 is 2.07 bits per heavy atom. The van der Waals surface area contributed by atoms with E-state index in [0.29, 0.717) is 30.6 Å². The van der Waals surface area contributed by atoms with E-state index >= 15 is 0 Å². The number of carboxylic acids is 1. The van der Waals surface area contributed by atoms with Gasteiger partial charge in [-0.3, -0.25) is 9.59 Å². The predicted molar refractivity (Wildman–Crippen MR) is 160 cm³/mol. The zero-order chi connectivity index (χ0) is 29.5. The number of amides is 1. The van der Waals surface area contributed by atoms with Crippen LogP contribution in [0.15, 0.2) is 84.9 Å². The predicted octanol–water partition coefficient (Wildman–Crippen LogP) is 7.59. The van der Waals surface area contributed by atoms with Crippen molar-refractivity contribution >= 4 is 17.6 Å². The average Bonchev–Trinajstić information content (AvgIpc) is 3.28. The molecule has 1 heterocycles. The van der Waals surface area contributed by atoms with Gasteiger partial charge in [0, 0.05) is 23.5 Å². The van der Waals surface area contributed by atoms with Crippen LogP contribution in [0.2, 0.25) is 0 Å². The van der Waals surface area contributed by atoms with Gasteiger partial charge in [0.1, 0.15) is 5.82 Å². The van der Waals surface area contributed by atoms with Crippen LogP contribution in [0.25, 0.3) is 22.4 Å². The number of hydrogen-bond acceptors (Lipinski definition) is 3. The molecule has 2 unspecified atom stereocenters. The van der Waals surface area contributed by atoms with Gasteiger partial charge in [0.05, 0.1) is 23.8 Å². The van der Waals surface area contributed by atoms with Gasteiger partial charge in [-0.05, 0) is 72.2 Å². The van der Waals surface area contributed by atoms with E-state index in [1.54, 1.807) is 12.1 Å². The molecule has 1 aromatic heterocycles. The summed E-state index contributed by atoms with van der Waals surface area (Å²) in [5.74, 6) is -1.62. The third kappa shape index (κ3) is 7.30. The number of carbonyl (C=O) groups excluding carboxylic acids is 1. The highest BCUT2D eigenvalue weighted by Gasteiger charge is 2.30. The lowest BCUT2D eigenvalue weighted by atomic mass is 9.94. The molecule has 4 rings (SSSR count). The van der Waals surface area contributed by atoms with E-state index in [-0.39, 0.29) is 30.0 Å². The van der Waals surface area contributed by atoms with Crippen molar-refractivity contribution in [2.45, 2.75) is 58.6 Å². The highest BCUT2D eigenvalue weighted by molar-refractivity contribution is 6.12. The fourth-order valence-electron chi connectivity index (χ4n) is 5.42. The maximum atomic E-state index is 14.1. The minimum Gasteiger partial charge on any atom is -0.481 e. The Bertz CT molecular complexity index is 1460. The number of aromatic nitrogens is 1. The number of carbonyl (C=O) groups is 2. The maximum absolute atomic E-state index is 14.1. The van der Waals surface area contributed by atoms with Gasteiger partial charge < -0.3 is 20.1 Å². The second-order valence-electron chi connectivity index (χ2n) is 10.9. The molecule has 0 saturated carbocycles. The lowest BCUT2D eigenvalue weighted by molar-refractivity contribution is -0.139. The summed E-state index contributed by atoms with van der Waals surface area (Å²) < 4.78 is 16.2. The van der Waals surface area contributed by atoms with E-state index in [0.717, 1.165) is 28.1 Å². The Labute approximate surface area is 240 Å². The van der Waals surface area contributed by atoms with Crippen molar-refractivity contribution in [3.63, 3.8) is 0 Å². The van der Waals surface area contributed by atoms with E-state index in [2.05, 4.69) is 9.88 Å². The number of anilines is 1. The summed E-state index contributed by atoms with van der Waals surface area (Å²) in [5, 5.41) is 22.4. The van der Waals surface area contributed by atoms with Crippen LogP contribution in [-0.2, 0) is 11.3 Å². The molecular weight excluding hydrogens is 519 g/mol. The number of nitrogens with one attached hydrogen (secondary N) is 1. The normalized spacial score (nSPS) is 12.7. The highest BCUT2D eigenvalue weighted by atomic mass is 19.1. The van der Waals surface area contributed by atoms with Crippen molar-refractivity contribution in [2.75, 3.05) is 5.32 Å². The summed E-state index contributed by atoms with van der Waals surface area (Å²) >= 11 is 0. The molecule has 2 atom stereocenters. The molecule has 3 N–H and O–H groups in total. The summed E-state index contributed by atoms with van der Waals surface area (Å²) in [7, 11) is 0. The lowest BCUT2D eigenvalue weighted by Gasteiger charge is -2.20. The molecule has 0 aliphatic rings. The first-order valence-corrected chi connectivity index (χ1v) is 14.0. The fourth-order valence-corrected chi connectivity index (χ4v) is 5.42. The van der Waals surface area contributed by atoms with E-state index < -0.39 is 12.1 Å². The van der Waals surface area contributed by atoms with Gasteiger partial charge in [0.2, 0.25) is 0 Å². The number of aliphatic hydroxyl groups excluding tert-OH is 1. The molecule has 0 bridgehead atoms. The molecular formula is C34H37FN2O4. The van der Waals surface area contributed by atoms with E-state index in [1.807, 2.05) is 81.4 Å². The van der Waals surface area contributed by atoms with Crippen molar-refractivity contribution in [2.24, 2.45) is 5.92 Å². The van der Waals surface area contributed by atoms with Crippen molar-refractivity contribution in [1.29, 1.82) is 0 Å². The Kier molecular flexibility index (Phi) is 9.73. The van der Waals surface area contributed by atoms with E-state index in [1.165, 1.54) is 12.1 Å². The van der Waals surface area contributed by atoms with Crippen LogP contribution in [0.1, 0.15) is 62.0 Å². The van der Waals surface area contributed by atoms with Crippen molar-refractivity contribution in [3.8, 4) is 22.4 Å². The van der Waals surface area contributed by atoms with Gasteiger partial charge in [-0.25, -0.2) is 4.39 Å². The molecule has 6 nitrogen and oxygen atoms in total. The topological polar surface area (TPSA) is 91.6 Å². The van der Waals surface area contributed by atoms with E-state index in [4.69, 9.17) is 5.11 Å². The molecule has 0 spiro atoms. The van der Waals surface area contributed by atoms with Crippen LogP contribution in [-0.4, -0.2) is 32.8 Å². The first kappa shape index (κ1) is 29.7. The third-order valence-electron chi connectivity index (χ3n) is 7.22. The molecule has 214 valence electrons. The van der Waals surface area contributed by atoms with Crippen molar-refractivity contribution < 1.29 is 24.2 Å².